The molecular weight excluding hydrogens is 371 g/mol. The fraction of sp³-hybridized carbons (Fsp3) is 0.0435. The number of benzene rings is 3. The summed E-state index contributed by atoms with van der Waals surface area (Å²) in [5, 5.41) is 5.36. The van der Waals surface area contributed by atoms with Crippen LogP contribution in [-0.2, 0) is 4.79 Å². The van der Waals surface area contributed by atoms with E-state index in [9.17, 15) is 14.0 Å². The molecule has 3 rings (SSSR count). The quantitative estimate of drug-likeness (QED) is 0.619. The molecule has 5 nitrogen and oxygen atoms in total. The van der Waals surface area contributed by atoms with Crippen molar-refractivity contribution < 1.29 is 18.7 Å². The van der Waals surface area contributed by atoms with Crippen LogP contribution in [0.3, 0.4) is 0 Å². The van der Waals surface area contributed by atoms with Crippen molar-refractivity contribution in [2.24, 2.45) is 0 Å². The first-order valence-corrected chi connectivity index (χ1v) is 8.84. The summed E-state index contributed by atoms with van der Waals surface area (Å²) in [6, 6.07) is 20.9. The molecule has 2 N–H and O–H groups in total. The molecule has 6 heteroatoms. The fourth-order valence-electron chi connectivity index (χ4n) is 2.54. The number of ether oxygens (including phenoxy) is 1. The van der Waals surface area contributed by atoms with Crippen LogP contribution in [0.1, 0.15) is 15.9 Å². The minimum Gasteiger partial charge on any atom is -0.497 e. The second kappa shape index (κ2) is 9.32. The molecule has 0 bridgehead atoms. The van der Waals surface area contributed by atoms with Crippen molar-refractivity contribution in [1.29, 1.82) is 0 Å². The number of carbonyl (C=O) groups is 2. The van der Waals surface area contributed by atoms with Crippen LogP contribution in [0.5, 0.6) is 5.75 Å². The zero-order chi connectivity index (χ0) is 20.6. The molecule has 0 radical (unpaired) electrons. The molecule has 0 spiro atoms. The highest BCUT2D eigenvalue weighted by Crippen LogP contribution is 2.16. The number of halogens is 1. The molecule has 0 heterocycles. The molecule has 2 amide bonds. The highest BCUT2D eigenvalue weighted by atomic mass is 19.1. The number of anilines is 1. The van der Waals surface area contributed by atoms with Gasteiger partial charge in [-0.3, -0.25) is 9.59 Å². The number of carbonyl (C=O) groups excluding carboxylic acids is 2. The van der Waals surface area contributed by atoms with Crippen LogP contribution in [-0.4, -0.2) is 18.9 Å². The third-order valence-corrected chi connectivity index (χ3v) is 4.06. The van der Waals surface area contributed by atoms with Gasteiger partial charge in [0, 0.05) is 11.3 Å². The monoisotopic (exact) mass is 390 g/mol. The van der Waals surface area contributed by atoms with Gasteiger partial charge in [0.05, 0.1) is 7.11 Å². The first-order valence-electron chi connectivity index (χ1n) is 8.84. The minimum absolute atomic E-state index is 0.0290. The number of hydrogen-bond acceptors (Lipinski definition) is 3. The lowest BCUT2D eigenvalue weighted by Gasteiger charge is -2.12. The van der Waals surface area contributed by atoms with Crippen LogP contribution in [0.25, 0.3) is 6.08 Å². The highest BCUT2D eigenvalue weighted by Gasteiger charge is 2.15. The van der Waals surface area contributed by atoms with E-state index in [0.717, 1.165) is 0 Å². The van der Waals surface area contributed by atoms with Gasteiger partial charge in [-0.2, -0.15) is 0 Å². The van der Waals surface area contributed by atoms with Crippen LogP contribution < -0.4 is 15.4 Å². The molecule has 0 aromatic heterocycles. The van der Waals surface area contributed by atoms with Crippen molar-refractivity contribution in [2.45, 2.75) is 0 Å². The Labute approximate surface area is 167 Å². The lowest BCUT2D eigenvalue weighted by atomic mass is 10.1. The van der Waals surface area contributed by atoms with Crippen molar-refractivity contribution in [1.82, 2.24) is 5.32 Å². The van der Waals surface area contributed by atoms with E-state index in [2.05, 4.69) is 10.6 Å². The molecule has 0 aliphatic rings. The number of amides is 2. The predicted octanol–water partition coefficient (Wildman–Crippen LogP) is 4.24. The van der Waals surface area contributed by atoms with Crippen molar-refractivity contribution in [3.63, 3.8) is 0 Å². The molecule has 0 saturated carbocycles. The first kappa shape index (κ1) is 19.8. The van der Waals surface area contributed by atoms with Crippen molar-refractivity contribution in [3.8, 4) is 5.75 Å². The number of nitrogens with one attached hydrogen (secondary N) is 2. The second-order valence-electron chi connectivity index (χ2n) is 6.11. The van der Waals surface area contributed by atoms with E-state index in [4.69, 9.17) is 4.74 Å². The van der Waals surface area contributed by atoms with Gasteiger partial charge in [0.1, 0.15) is 17.3 Å². The summed E-state index contributed by atoms with van der Waals surface area (Å²) in [5.41, 5.74) is 1.55. The van der Waals surface area contributed by atoms with Crippen molar-refractivity contribution in [2.75, 3.05) is 12.4 Å². The zero-order valence-electron chi connectivity index (χ0n) is 15.7. The van der Waals surface area contributed by atoms with E-state index in [0.29, 0.717) is 22.6 Å². The standard InChI is InChI=1S/C23H19FN2O3/c1-29-20-13-11-19(12-14-20)25-23(28)21(15-16-7-9-18(24)10-8-16)26-22(27)17-5-3-2-4-6-17/h2-15H,1H3,(H,25,28)(H,26,27)/b21-15-. The van der Waals surface area contributed by atoms with Crippen molar-refractivity contribution in [3.05, 3.63) is 102 Å². The van der Waals surface area contributed by atoms with E-state index in [-0.39, 0.29) is 11.5 Å². The van der Waals surface area contributed by atoms with Gasteiger partial charge in [-0.1, -0.05) is 30.3 Å². The Morgan fingerprint density at radius 3 is 2.17 bits per heavy atom. The smallest absolute Gasteiger partial charge is 0.272 e. The lowest BCUT2D eigenvalue weighted by molar-refractivity contribution is -0.113. The van der Waals surface area contributed by atoms with Crippen LogP contribution in [0.2, 0.25) is 0 Å². The molecule has 0 aliphatic heterocycles. The summed E-state index contributed by atoms with van der Waals surface area (Å²) < 4.78 is 18.3. The Kier molecular flexibility index (Phi) is 6.37. The average Bonchev–Trinajstić information content (AvgIpc) is 2.76. The average molecular weight is 390 g/mol. The van der Waals surface area contributed by atoms with E-state index in [1.165, 1.54) is 30.3 Å². The molecule has 0 unspecified atom stereocenters. The van der Waals surface area contributed by atoms with Gasteiger partial charge in [0.25, 0.3) is 11.8 Å². The molecule has 3 aromatic carbocycles. The molecule has 146 valence electrons. The van der Waals surface area contributed by atoms with Crippen LogP contribution in [0.15, 0.2) is 84.6 Å². The largest absolute Gasteiger partial charge is 0.497 e. The normalized spacial score (nSPS) is 10.9. The Morgan fingerprint density at radius 1 is 0.897 bits per heavy atom. The summed E-state index contributed by atoms with van der Waals surface area (Å²) in [5.74, 6) is -0.672. The maximum atomic E-state index is 13.2. The Hall–Kier alpha value is -3.93. The van der Waals surface area contributed by atoms with Gasteiger partial charge >= 0.3 is 0 Å². The zero-order valence-corrected chi connectivity index (χ0v) is 15.7. The van der Waals surface area contributed by atoms with Gasteiger partial charge in [0.15, 0.2) is 0 Å². The third kappa shape index (κ3) is 5.52. The molecule has 29 heavy (non-hydrogen) atoms. The summed E-state index contributed by atoms with van der Waals surface area (Å²) in [6.45, 7) is 0. The Morgan fingerprint density at radius 2 is 1.55 bits per heavy atom. The van der Waals surface area contributed by atoms with Gasteiger partial charge < -0.3 is 15.4 Å². The molecule has 0 aliphatic carbocycles. The molecule has 0 atom stereocenters. The van der Waals surface area contributed by atoms with E-state index in [1.54, 1.807) is 61.7 Å². The lowest BCUT2D eigenvalue weighted by Crippen LogP contribution is -2.30. The van der Waals surface area contributed by atoms with E-state index in [1.807, 2.05) is 0 Å². The molecule has 0 fully saturated rings. The van der Waals surface area contributed by atoms with Gasteiger partial charge in [-0.15, -0.1) is 0 Å². The summed E-state index contributed by atoms with van der Waals surface area (Å²) in [4.78, 5) is 25.3. The first-order chi connectivity index (χ1) is 14.0. The van der Waals surface area contributed by atoms with Crippen LogP contribution >= 0.6 is 0 Å². The topological polar surface area (TPSA) is 67.4 Å². The maximum absolute atomic E-state index is 13.2. The molecule has 3 aromatic rings. The second-order valence-corrected chi connectivity index (χ2v) is 6.11. The summed E-state index contributed by atoms with van der Waals surface area (Å²) in [6.07, 6.45) is 1.49. The summed E-state index contributed by atoms with van der Waals surface area (Å²) in [7, 11) is 1.55. The van der Waals surface area contributed by atoms with Crippen LogP contribution in [0.4, 0.5) is 10.1 Å². The maximum Gasteiger partial charge on any atom is 0.272 e. The Bertz CT molecular complexity index is 1010. The van der Waals surface area contributed by atoms with Crippen molar-refractivity contribution >= 4 is 23.6 Å². The summed E-state index contributed by atoms with van der Waals surface area (Å²) >= 11 is 0. The highest BCUT2D eigenvalue weighted by molar-refractivity contribution is 6.10. The molecule has 0 saturated heterocycles. The minimum atomic E-state index is -0.510. The van der Waals surface area contributed by atoms with Crippen LogP contribution in [0, 0.1) is 5.82 Å². The van der Waals surface area contributed by atoms with Gasteiger partial charge in [0.2, 0.25) is 0 Å². The van der Waals surface area contributed by atoms with Gasteiger partial charge in [-0.05, 0) is 60.2 Å². The SMILES string of the molecule is COc1ccc(NC(=O)/C(=C/c2ccc(F)cc2)NC(=O)c2ccccc2)cc1. The van der Waals surface area contributed by atoms with Gasteiger partial charge in [-0.25, -0.2) is 4.39 Å². The molecular formula is C23H19FN2O3. The number of hydrogen-bond donors (Lipinski definition) is 2. The van der Waals surface area contributed by atoms with E-state index >= 15 is 0 Å². The predicted molar refractivity (Wildman–Crippen MR) is 110 cm³/mol. The Balaban J connectivity index is 1.85. The fourth-order valence-corrected chi connectivity index (χ4v) is 2.54. The number of methoxy groups -OCH3 is 1. The number of rotatable bonds is 6. The third-order valence-electron chi connectivity index (χ3n) is 4.06. The van der Waals surface area contributed by atoms with E-state index < -0.39 is 11.8 Å².